The van der Waals surface area contributed by atoms with Crippen LogP contribution < -0.4 is 0 Å². The third kappa shape index (κ3) is 2.77. The first-order valence-electron chi connectivity index (χ1n) is 7.25. The van der Waals surface area contributed by atoms with Crippen LogP contribution in [0.15, 0.2) is 46.9 Å². The second-order valence-corrected chi connectivity index (χ2v) is 6.89. The van der Waals surface area contributed by atoms with Crippen LogP contribution in [0.5, 0.6) is 0 Å². The summed E-state index contributed by atoms with van der Waals surface area (Å²) >= 11 is 3.37. The maximum absolute atomic E-state index is 14.0. The predicted octanol–water partition coefficient (Wildman–Crippen LogP) is 4.92. The van der Waals surface area contributed by atoms with Crippen molar-refractivity contribution in [3.63, 3.8) is 0 Å². The van der Waals surface area contributed by atoms with Gasteiger partial charge in [0.25, 0.3) is 0 Å². The molecule has 0 aromatic heterocycles. The molecule has 2 unspecified atom stereocenters. The molecule has 0 radical (unpaired) electrons. The Bertz CT molecular complexity index is 670. The van der Waals surface area contributed by atoms with Crippen molar-refractivity contribution < 1.29 is 9.50 Å². The second kappa shape index (κ2) is 5.54. The van der Waals surface area contributed by atoms with Crippen molar-refractivity contribution in [3.05, 3.63) is 69.4 Å². The Balaban J connectivity index is 2.02. The molecular formula is C18H18BrFO. The number of rotatable bonds is 2. The Morgan fingerprint density at radius 3 is 2.86 bits per heavy atom. The van der Waals surface area contributed by atoms with Crippen molar-refractivity contribution in [2.24, 2.45) is 0 Å². The van der Waals surface area contributed by atoms with Gasteiger partial charge in [0.1, 0.15) is 5.82 Å². The number of aliphatic hydroxyl groups is 1. The summed E-state index contributed by atoms with van der Waals surface area (Å²) in [5, 5.41) is 11.1. The topological polar surface area (TPSA) is 20.2 Å². The number of hydrogen-bond donors (Lipinski definition) is 1. The molecule has 3 rings (SSSR count). The Morgan fingerprint density at radius 2 is 2.05 bits per heavy atom. The van der Waals surface area contributed by atoms with Gasteiger partial charge in [-0.05, 0) is 53.6 Å². The fraction of sp³-hybridized carbons (Fsp3) is 0.333. The van der Waals surface area contributed by atoms with Crippen LogP contribution in [0.4, 0.5) is 4.39 Å². The van der Waals surface area contributed by atoms with Gasteiger partial charge in [0.15, 0.2) is 0 Å². The van der Waals surface area contributed by atoms with Crippen LogP contribution in [0.3, 0.4) is 0 Å². The first-order valence-corrected chi connectivity index (χ1v) is 8.04. The van der Waals surface area contributed by atoms with Crippen molar-refractivity contribution in [1.29, 1.82) is 0 Å². The Labute approximate surface area is 132 Å². The van der Waals surface area contributed by atoms with E-state index in [0.717, 1.165) is 16.5 Å². The fourth-order valence-electron chi connectivity index (χ4n) is 3.27. The van der Waals surface area contributed by atoms with Crippen molar-refractivity contribution in [2.45, 2.75) is 37.7 Å². The van der Waals surface area contributed by atoms with E-state index in [2.05, 4.69) is 28.9 Å². The maximum Gasteiger partial charge on any atom is 0.126 e. The van der Waals surface area contributed by atoms with Gasteiger partial charge in [-0.15, -0.1) is 0 Å². The van der Waals surface area contributed by atoms with Crippen molar-refractivity contribution in [3.8, 4) is 0 Å². The lowest BCUT2D eigenvalue weighted by Crippen LogP contribution is -2.34. The zero-order valence-corrected chi connectivity index (χ0v) is 13.5. The van der Waals surface area contributed by atoms with Gasteiger partial charge in [0.2, 0.25) is 0 Å². The molecule has 0 fully saturated rings. The SMILES string of the molecule is CC1CCC(O)(Cc2cc(Br)ccc2F)c2ccccc21. The average molecular weight is 349 g/mol. The summed E-state index contributed by atoms with van der Waals surface area (Å²) in [6, 6.07) is 12.9. The van der Waals surface area contributed by atoms with Crippen LogP contribution in [0, 0.1) is 5.82 Å². The van der Waals surface area contributed by atoms with E-state index in [1.807, 2.05) is 18.2 Å². The van der Waals surface area contributed by atoms with Crippen LogP contribution >= 0.6 is 15.9 Å². The minimum Gasteiger partial charge on any atom is -0.385 e. The average Bonchev–Trinajstić information content (AvgIpc) is 2.48. The molecule has 0 saturated carbocycles. The minimum absolute atomic E-state index is 0.261. The van der Waals surface area contributed by atoms with Gasteiger partial charge in [-0.25, -0.2) is 4.39 Å². The summed E-state index contributed by atoms with van der Waals surface area (Å²) in [7, 11) is 0. The van der Waals surface area contributed by atoms with Crippen LogP contribution in [-0.2, 0) is 12.0 Å². The summed E-state index contributed by atoms with van der Waals surface area (Å²) < 4.78 is 14.8. The highest BCUT2D eigenvalue weighted by atomic mass is 79.9. The van der Waals surface area contributed by atoms with Crippen molar-refractivity contribution >= 4 is 15.9 Å². The molecule has 2 atom stereocenters. The molecule has 1 N–H and O–H groups in total. The highest BCUT2D eigenvalue weighted by molar-refractivity contribution is 9.10. The van der Waals surface area contributed by atoms with Crippen LogP contribution in [0.25, 0.3) is 0 Å². The lowest BCUT2D eigenvalue weighted by molar-refractivity contribution is 0.0151. The number of fused-ring (bicyclic) bond motifs is 1. The molecule has 110 valence electrons. The van der Waals surface area contributed by atoms with E-state index in [0.29, 0.717) is 24.3 Å². The van der Waals surface area contributed by atoms with Crippen LogP contribution in [0.2, 0.25) is 0 Å². The van der Waals surface area contributed by atoms with E-state index in [4.69, 9.17) is 0 Å². The highest BCUT2D eigenvalue weighted by Crippen LogP contribution is 2.43. The molecule has 1 nitrogen and oxygen atoms in total. The molecule has 1 aliphatic carbocycles. The quantitative estimate of drug-likeness (QED) is 0.816. The van der Waals surface area contributed by atoms with E-state index in [9.17, 15) is 9.50 Å². The molecule has 0 bridgehead atoms. The van der Waals surface area contributed by atoms with Gasteiger partial charge >= 0.3 is 0 Å². The molecule has 2 aromatic rings. The summed E-state index contributed by atoms with van der Waals surface area (Å²) in [4.78, 5) is 0. The van der Waals surface area contributed by atoms with Gasteiger partial charge in [-0.2, -0.15) is 0 Å². The van der Waals surface area contributed by atoms with E-state index in [1.165, 1.54) is 11.6 Å². The van der Waals surface area contributed by atoms with Crippen LogP contribution in [0.1, 0.15) is 42.4 Å². The molecule has 1 aliphatic rings. The second-order valence-electron chi connectivity index (χ2n) is 5.97. The first-order chi connectivity index (χ1) is 9.99. The van der Waals surface area contributed by atoms with Gasteiger partial charge in [0.05, 0.1) is 5.60 Å². The maximum atomic E-state index is 14.0. The summed E-state index contributed by atoms with van der Waals surface area (Å²) in [6.07, 6.45) is 1.89. The molecule has 0 saturated heterocycles. The highest BCUT2D eigenvalue weighted by Gasteiger charge is 2.37. The van der Waals surface area contributed by atoms with E-state index < -0.39 is 5.60 Å². The van der Waals surface area contributed by atoms with Crippen LogP contribution in [-0.4, -0.2) is 5.11 Å². The molecular weight excluding hydrogens is 331 g/mol. The van der Waals surface area contributed by atoms with E-state index >= 15 is 0 Å². The summed E-state index contributed by atoms with van der Waals surface area (Å²) in [6.45, 7) is 2.18. The molecule has 0 amide bonds. The van der Waals surface area contributed by atoms with Gasteiger partial charge in [-0.3, -0.25) is 0 Å². The lowest BCUT2D eigenvalue weighted by Gasteiger charge is -2.37. The molecule has 0 aliphatic heterocycles. The monoisotopic (exact) mass is 348 g/mol. The van der Waals surface area contributed by atoms with Gasteiger partial charge < -0.3 is 5.11 Å². The smallest absolute Gasteiger partial charge is 0.126 e. The minimum atomic E-state index is -0.981. The number of halogens is 2. The molecule has 21 heavy (non-hydrogen) atoms. The summed E-state index contributed by atoms with van der Waals surface area (Å²) in [5.74, 6) is 0.177. The zero-order chi connectivity index (χ0) is 15.0. The molecule has 2 aromatic carbocycles. The zero-order valence-electron chi connectivity index (χ0n) is 11.9. The Morgan fingerprint density at radius 1 is 1.29 bits per heavy atom. The molecule has 0 spiro atoms. The Kier molecular flexibility index (Phi) is 3.89. The van der Waals surface area contributed by atoms with Crippen molar-refractivity contribution in [2.75, 3.05) is 0 Å². The van der Waals surface area contributed by atoms with E-state index in [-0.39, 0.29) is 5.82 Å². The largest absolute Gasteiger partial charge is 0.385 e. The standard InChI is InChI=1S/C18H18BrFO/c1-12-8-9-18(21,16-5-3-2-4-15(12)16)11-13-10-14(19)6-7-17(13)20/h2-7,10,12,21H,8-9,11H2,1H3. The predicted molar refractivity (Wildman–Crippen MR) is 85.8 cm³/mol. The Hall–Kier alpha value is -1.19. The van der Waals surface area contributed by atoms with Gasteiger partial charge in [0, 0.05) is 10.9 Å². The fourth-order valence-corrected chi connectivity index (χ4v) is 3.68. The van der Waals surface area contributed by atoms with Crippen molar-refractivity contribution in [1.82, 2.24) is 0 Å². The summed E-state index contributed by atoms with van der Waals surface area (Å²) in [5.41, 5.74) is 1.70. The lowest BCUT2D eigenvalue weighted by atomic mass is 9.72. The number of benzene rings is 2. The molecule has 3 heteroatoms. The first kappa shape index (κ1) is 14.7. The third-order valence-electron chi connectivity index (χ3n) is 4.47. The molecule has 0 heterocycles. The van der Waals surface area contributed by atoms with E-state index in [1.54, 1.807) is 12.1 Å². The normalized spacial score (nSPS) is 24.7. The number of hydrogen-bond acceptors (Lipinski definition) is 1. The van der Waals surface area contributed by atoms with Gasteiger partial charge in [-0.1, -0.05) is 47.1 Å². The third-order valence-corrected chi connectivity index (χ3v) is 4.97.